The lowest BCUT2D eigenvalue weighted by Gasteiger charge is -2.12. The summed E-state index contributed by atoms with van der Waals surface area (Å²) in [5.74, 6) is -1.84. The van der Waals surface area contributed by atoms with Gasteiger partial charge < -0.3 is 10.1 Å². The molecule has 0 aliphatic carbocycles. The van der Waals surface area contributed by atoms with E-state index in [0.717, 1.165) is 31.5 Å². The molecule has 1 atom stereocenters. The van der Waals surface area contributed by atoms with E-state index in [0.29, 0.717) is 12.5 Å². The predicted octanol–water partition coefficient (Wildman–Crippen LogP) is 1.85. The molecular weight excluding hydrogens is 321 g/mol. The Balaban J connectivity index is 1.97. The SMILES string of the molecule is O=S(=O)(NCC[C@H]1CCCN1)c1ccc(OC(F)F)c(F)c1. The Morgan fingerprint density at radius 3 is 2.77 bits per heavy atom. The molecule has 1 fully saturated rings. The Hall–Kier alpha value is -1.32. The number of rotatable bonds is 7. The van der Waals surface area contributed by atoms with E-state index >= 15 is 0 Å². The predicted molar refractivity (Wildman–Crippen MR) is 73.9 cm³/mol. The second-order valence-corrected chi connectivity index (χ2v) is 6.72. The zero-order chi connectivity index (χ0) is 16.2. The van der Waals surface area contributed by atoms with Gasteiger partial charge in [-0.2, -0.15) is 8.78 Å². The highest BCUT2D eigenvalue weighted by Crippen LogP contribution is 2.22. The van der Waals surface area contributed by atoms with Crippen LogP contribution in [0.1, 0.15) is 19.3 Å². The molecule has 0 saturated carbocycles. The molecular formula is C13H17F3N2O3S. The molecule has 1 saturated heterocycles. The van der Waals surface area contributed by atoms with Crippen LogP contribution in [0.15, 0.2) is 23.1 Å². The van der Waals surface area contributed by atoms with Crippen molar-refractivity contribution in [2.75, 3.05) is 13.1 Å². The first-order valence-electron chi connectivity index (χ1n) is 6.86. The highest BCUT2D eigenvalue weighted by molar-refractivity contribution is 7.89. The first-order valence-corrected chi connectivity index (χ1v) is 8.34. The summed E-state index contributed by atoms with van der Waals surface area (Å²) >= 11 is 0. The number of hydrogen-bond donors (Lipinski definition) is 2. The number of halogens is 3. The van der Waals surface area contributed by atoms with Crippen molar-refractivity contribution in [3.63, 3.8) is 0 Å². The molecule has 1 heterocycles. The highest BCUT2D eigenvalue weighted by atomic mass is 32.2. The highest BCUT2D eigenvalue weighted by Gasteiger charge is 2.19. The van der Waals surface area contributed by atoms with Crippen LogP contribution in [0, 0.1) is 5.82 Å². The van der Waals surface area contributed by atoms with Crippen LogP contribution >= 0.6 is 0 Å². The summed E-state index contributed by atoms with van der Waals surface area (Å²) in [5, 5.41) is 3.23. The average molecular weight is 338 g/mol. The summed E-state index contributed by atoms with van der Waals surface area (Å²) in [6, 6.07) is 2.83. The Morgan fingerprint density at radius 1 is 1.41 bits per heavy atom. The Morgan fingerprint density at radius 2 is 2.18 bits per heavy atom. The van der Waals surface area contributed by atoms with Gasteiger partial charge in [-0.05, 0) is 44.0 Å². The van der Waals surface area contributed by atoms with E-state index in [2.05, 4.69) is 14.8 Å². The third-order valence-corrected chi connectivity index (χ3v) is 4.84. The lowest BCUT2D eigenvalue weighted by Crippen LogP contribution is -2.30. The molecule has 1 aliphatic heterocycles. The van der Waals surface area contributed by atoms with Crippen molar-refractivity contribution < 1.29 is 26.3 Å². The molecule has 0 amide bonds. The van der Waals surface area contributed by atoms with Crippen LogP contribution in [0.3, 0.4) is 0 Å². The molecule has 0 radical (unpaired) electrons. The monoisotopic (exact) mass is 338 g/mol. The molecule has 0 aromatic heterocycles. The fraction of sp³-hybridized carbons (Fsp3) is 0.538. The minimum absolute atomic E-state index is 0.219. The molecule has 2 N–H and O–H groups in total. The van der Waals surface area contributed by atoms with Crippen LogP contribution < -0.4 is 14.8 Å². The number of alkyl halides is 2. The van der Waals surface area contributed by atoms with Gasteiger partial charge in [-0.25, -0.2) is 17.5 Å². The van der Waals surface area contributed by atoms with Gasteiger partial charge in [0, 0.05) is 12.6 Å². The van der Waals surface area contributed by atoms with E-state index in [4.69, 9.17) is 0 Å². The standard InChI is InChI=1S/C13H17F3N2O3S/c14-11-8-10(3-4-12(11)21-13(15)16)22(19,20)18-7-5-9-2-1-6-17-9/h3-4,8-9,13,17-18H,1-2,5-7H2/t9-/m1/s1. The summed E-state index contributed by atoms with van der Waals surface area (Å²) in [6.45, 7) is -2.03. The van der Waals surface area contributed by atoms with Crippen LogP contribution in [0.5, 0.6) is 5.75 Å². The number of benzene rings is 1. The van der Waals surface area contributed by atoms with Gasteiger partial charge >= 0.3 is 6.61 Å². The van der Waals surface area contributed by atoms with E-state index in [1.54, 1.807) is 0 Å². The largest absolute Gasteiger partial charge is 0.432 e. The van der Waals surface area contributed by atoms with Crippen molar-refractivity contribution >= 4 is 10.0 Å². The third-order valence-electron chi connectivity index (χ3n) is 3.38. The first-order chi connectivity index (χ1) is 10.4. The average Bonchev–Trinajstić information content (AvgIpc) is 2.93. The van der Waals surface area contributed by atoms with Crippen LogP contribution in [0.4, 0.5) is 13.2 Å². The van der Waals surface area contributed by atoms with Crippen LogP contribution in [-0.4, -0.2) is 34.2 Å². The molecule has 1 aromatic rings. The smallest absolute Gasteiger partial charge is 0.387 e. The molecule has 0 unspecified atom stereocenters. The summed E-state index contributed by atoms with van der Waals surface area (Å²) in [6.07, 6.45) is 2.69. The minimum Gasteiger partial charge on any atom is -0.432 e. The molecule has 0 bridgehead atoms. The summed E-state index contributed by atoms with van der Waals surface area (Å²) < 4.78 is 67.9. The van der Waals surface area contributed by atoms with Gasteiger partial charge in [-0.15, -0.1) is 0 Å². The first kappa shape index (κ1) is 17.0. The van der Waals surface area contributed by atoms with Crippen LogP contribution in [-0.2, 0) is 10.0 Å². The number of nitrogens with one attached hydrogen (secondary N) is 2. The Labute approximate surface area is 126 Å². The lowest BCUT2D eigenvalue weighted by molar-refractivity contribution is -0.0522. The molecule has 1 aliphatic rings. The van der Waals surface area contributed by atoms with E-state index in [-0.39, 0.29) is 17.5 Å². The van der Waals surface area contributed by atoms with Crippen molar-refractivity contribution in [2.24, 2.45) is 0 Å². The van der Waals surface area contributed by atoms with Crippen molar-refractivity contribution in [3.8, 4) is 5.75 Å². The molecule has 2 rings (SSSR count). The zero-order valence-electron chi connectivity index (χ0n) is 11.7. The normalized spacial score (nSPS) is 18.8. The Kier molecular flexibility index (Phi) is 5.65. The second kappa shape index (κ2) is 7.30. The van der Waals surface area contributed by atoms with Crippen molar-refractivity contribution in [3.05, 3.63) is 24.0 Å². The van der Waals surface area contributed by atoms with Crippen LogP contribution in [0.2, 0.25) is 0 Å². The summed E-state index contributed by atoms with van der Waals surface area (Å²) in [5.41, 5.74) is 0. The number of hydrogen-bond acceptors (Lipinski definition) is 4. The number of sulfonamides is 1. The van der Waals surface area contributed by atoms with E-state index in [1.165, 1.54) is 0 Å². The van der Waals surface area contributed by atoms with Gasteiger partial charge in [-0.3, -0.25) is 0 Å². The van der Waals surface area contributed by atoms with Gasteiger partial charge in [0.05, 0.1) is 4.90 Å². The summed E-state index contributed by atoms with van der Waals surface area (Å²) in [7, 11) is -3.88. The maximum Gasteiger partial charge on any atom is 0.387 e. The lowest BCUT2D eigenvalue weighted by atomic mass is 10.2. The number of ether oxygens (including phenoxy) is 1. The van der Waals surface area contributed by atoms with Gasteiger partial charge in [0.1, 0.15) is 0 Å². The fourth-order valence-corrected chi connectivity index (χ4v) is 3.35. The minimum atomic E-state index is -3.88. The maximum atomic E-state index is 13.5. The quantitative estimate of drug-likeness (QED) is 0.796. The molecule has 5 nitrogen and oxygen atoms in total. The molecule has 124 valence electrons. The van der Waals surface area contributed by atoms with E-state index < -0.39 is 28.2 Å². The van der Waals surface area contributed by atoms with Gasteiger partial charge in [0.2, 0.25) is 10.0 Å². The van der Waals surface area contributed by atoms with Gasteiger partial charge in [0.25, 0.3) is 0 Å². The zero-order valence-corrected chi connectivity index (χ0v) is 12.5. The van der Waals surface area contributed by atoms with Gasteiger partial charge in [-0.1, -0.05) is 0 Å². The summed E-state index contributed by atoms with van der Waals surface area (Å²) in [4.78, 5) is -0.328. The fourth-order valence-electron chi connectivity index (χ4n) is 2.29. The topological polar surface area (TPSA) is 67.4 Å². The molecule has 1 aromatic carbocycles. The van der Waals surface area contributed by atoms with Crippen molar-refractivity contribution in [1.29, 1.82) is 0 Å². The molecule has 0 spiro atoms. The van der Waals surface area contributed by atoms with Crippen molar-refractivity contribution in [1.82, 2.24) is 10.0 Å². The molecule has 9 heteroatoms. The maximum absolute atomic E-state index is 13.5. The third kappa shape index (κ3) is 4.59. The van der Waals surface area contributed by atoms with Crippen molar-refractivity contribution in [2.45, 2.75) is 36.8 Å². The van der Waals surface area contributed by atoms with Crippen LogP contribution in [0.25, 0.3) is 0 Å². The van der Waals surface area contributed by atoms with Gasteiger partial charge in [0.15, 0.2) is 11.6 Å². The second-order valence-electron chi connectivity index (χ2n) is 4.95. The van der Waals surface area contributed by atoms with E-state index in [9.17, 15) is 21.6 Å². The Bertz CT molecular complexity index is 605. The van der Waals surface area contributed by atoms with E-state index in [1.807, 2.05) is 0 Å². The molecule has 22 heavy (non-hydrogen) atoms.